The molecule has 0 unspecified atom stereocenters. The monoisotopic (exact) mass is 280 g/mol. The van der Waals surface area contributed by atoms with E-state index in [9.17, 15) is 9.59 Å². The van der Waals surface area contributed by atoms with E-state index in [1.807, 2.05) is 38.0 Å². The SMILES string of the molecule is CN(C)COc1cc(C=O)c(OCN(C)C)cc1C=O. The molecule has 1 aromatic rings. The second kappa shape index (κ2) is 7.62. The Morgan fingerprint density at radius 1 is 0.850 bits per heavy atom. The molecule has 0 bridgehead atoms. The second-order valence-electron chi connectivity index (χ2n) is 4.87. The first-order chi connectivity index (χ1) is 9.47. The average Bonchev–Trinajstić information content (AvgIpc) is 2.42. The van der Waals surface area contributed by atoms with E-state index in [1.165, 1.54) is 12.1 Å². The van der Waals surface area contributed by atoms with E-state index in [4.69, 9.17) is 9.47 Å². The Kier molecular flexibility index (Phi) is 6.14. The van der Waals surface area contributed by atoms with E-state index in [2.05, 4.69) is 0 Å². The van der Waals surface area contributed by atoms with Crippen LogP contribution in [0, 0.1) is 0 Å². The molecule has 0 amide bonds. The van der Waals surface area contributed by atoms with Crippen molar-refractivity contribution in [3.8, 4) is 11.5 Å². The molecule has 0 heterocycles. The topological polar surface area (TPSA) is 59.1 Å². The third-order valence-corrected chi connectivity index (χ3v) is 2.35. The van der Waals surface area contributed by atoms with Crippen LogP contribution in [0.1, 0.15) is 20.7 Å². The van der Waals surface area contributed by atoms with Crippen LogP contribution >= 0.6 is 0 Å². The lowest BCUT2D eigenvalue weighted by atomic mass is 10.1. The molecule has 0 aliphatic rings. The number of rotatable bonds is 8. The van der Waals surface area contributed by atoms with Crippen molar-refractivity contribution in [1.29, 1.82) is 0 Å². The van der Waals surface area contributed by atoms with Crippen molar-refractivity contribution in [2.24, 2.45) is 0 Å². The predicted molar refractivity (Wildman–Crippen MR) is 75.6 cm³/mol. The fourth-order valence-electron chi connectivity index (χ4n) is 1.42. The first-order valence-corrected chi connectivity index (χ1v) is 6.11. The Balaban J connectivity index is 3.03. The van der Waals surface area contributed by atoms with Gasteiger partial charge < -0.3 is 9.47 Å². The molecule has 0 atom stereocenters. The Labute approximate surface area is 118 Å². The summed E-state index contributed by atoms with van der Waals surface area (Å²) in [6, 6.07) is 3.04. The predicted octanol–water partition coefficient (Wildman–Crippen LogP) is 1.11. The normalized spacial score (nSPS) is 10.7. The second-order valence-corrected chi connectivity index (χ2v) is 4.87. The van der Waals surface area contributed by atoms with Crippen LogP contribution in [0.2, 0.25) is 0 Å². The van der Waals surface area contributed by atoms with Gasteiger partial charge in [-0.15, -0.1) is 0 Å². The number of hydrogen-bond acceptors (Lipinski definition) is 6. The zero-order valence-electron chi connectivity index (χ0n) is 12.3. The van der Waals surface area contributed by atoms with E-state index in [0.29, 0.717) is 48.7 Å². The maximum absolute atomic E-state index is 11.1. The van der Waals surface area contributed by atoms with Crippen molar-refractivity contribution in [3.63, 3.8) is 0 Å². The maximum Gasteiger partial charge on any atom is 0.153 e. The molecule has 20 heavy (non-hydrogen) atoms. The summed E-state index contributed by atoms with van der Waals surface area (Å²) in [6.07, 6.45) is 1.37. The largest absolute Gasteiger partial charge is 0.477 e. The van der Waals surface area contributed by atoms with Gasteiger partial charge in [-0.2, -0.15) is 0 Å². The Morgan fingerprint density at radius 2 is 1.20 bits per heavy atom. The van der Waals surface area contributed by atoms with Crippen LogP contribution in [-0.4, -0.2) is 64.0 Å². The summed E-state index contributed by atoms with van der Waals surface area (Å²) in [4.78, 5) is 25.9. The highest BCUT2D eigenvalue weighted by molar-refractivity contribution is 5.87. The smallest absolute Gasteiger partial charge is 0.153 e. The molecule has 0 N–H and O–H groups in total. The van der Waals surface area contributed by atoms with Crippen molar-refractivity contribution in [1.82, 2.24) is 9.80 Å². The van der Waals surface area contributed by atoms with Crippen LogP contribution < -0.4 is 9.47 Å². The molecule has 0 aliphatic carbocycles. The number of carbonyl (C=O) groups excluding carboxylic acids is 2. The third-order valence-electron chi connectivity index (χ3n) is 2.35. The van der Waals surface area contributed by atoms with Crippen molar-refractivity contribution in [2.45, 2.75) is 0 Å². The minimum absolute atomic E-state index is 0.317. The van der Waals surface area contributed by atoms with Gasteiger partial charge in [0, 0.05) is 0 Å². The minimum Gasteiger partial charge on any atom is -0.477 e. The molecule has 110 valence electrons. The summed E-state index contributed by atoms with van der Waals surface area (Å²) in [5.74, 6) is 0.737. The van der Waals surface area contributed by atoms with E-state index in [1.54, 1.807) is 0 Å². The molecule has 0 saturated carbocycles. The molecule has 0 radical (unpaired) electrons. The van der Waals surface area contributed by atoms with Crippen LogP contribution in [0.4, 0.5) is 0 Å². The fourth-order valence-corrected chi connectivity index (χ4v) is 1.42. The molecule has 0 fully saturated rings. The van der Waals surface area contributed by atoms with Crippen LogP contribution in [-0.2, 0) is 0 Å². The number of aldehydes is 2. The molecule has 0 saturated heterocycles. The highest BCUT2D eigenvalue weighted by Gasteiger charge is 2.12. The Bertz CT molecular complexity index is 429. The first-order valence-electron chi connectivity index (χ1n) is 6.11. The van der Waals surface area contributed by atoms with Gasteiger partial charge in [-0.25, -0.2) is 0 Å². The summed E-state index contributed by atoms with van der Waals surface area (Å²) in [5.41, 5.74) is 0.706. The van der Waals surface area contributed by atoms with Crippen molar-refractivity contribution < 1.29 is 19.1 Å². The van der Waals surface area contributed by atoms with Gasteiger partial charge in [-0.3, -0.25) is 19.4 Å². The maximum atomic E-state index is 11.1. The zero-order chi connectivity index (χ0) is 15.1. The van der Waals surface area contributed by atoms with Crippen LogP contribution in [0.3, 0.4) is 0 Å². The summed E-state index contributed by atoms with van der Waals surface area (Å²) in [7, 11) is 7.37. The minimum atomic E-state index is 0.317. The first kappa shape index (κ1) is 16.1. The van der Waals surface area contributed by atoms with Crippen LogP contribution in [0.25, 0.3) is 0 Å². The standard InChI is InChI=1S/C14H20N2O4/c1-15(2)9-19-13-5-12(8-18)14(6-11(13)7-17)20-10-16(3)4/h5-8H,9-10H2,1-4H3. The molecule has 0 spiro atoms. The number of nitrogens with zero attached hydrogens (tertiary/aromatic N) is 2. The molecule has 1 rings (SSSR count). The molecule has 1 aromatic carbocycles. The third kappa shape index (κ3) is 4.64. The van der Waals surface area contributed by atoms with Gasteiger partial charge in [0.05, 0.1) is 11.1 Å². The molecule has 6 heteroatoms. The van der Waals surface area contributed by atoms with Gasteiger partial charge >= 0.3 is 0 Å². The number of carbonyl (C=O) groups is 2. The van der Waals surface area contributed by atoms with E-state index in [0.717, 1.165) is 0 Å². The summed E-state index contributed by atoms with van der Waals surface area (Å²) < 4.78 is 11.0. The summed E-state index contributed by atoms with van der Waals surface area (Å²) in [6.45, 7) is 0.633. The molecule has 6 nitrogen and oxygen atoms in total. The molecular weight excluding hydrogens is 260 g/mol. The van der Waals surface area contributed by atoms with E-state index < -0.39 is 0 Å². The molecule has 0 aromatic heterocycles. The van der Waals surface area contributed by atoms with E-state index in [-0.39, 0.29) is 0 Å². The zero-order valence-corrected chi connectivity index (χ0v) is 12.3. The quantitative estimate of drug-likeness (QED) is 0.525. The van der Waals surface area contributed by atoms with Crippen molar-refractivity contribution in [2.75, 3.05) is 41.7 Å². The Morgan fingerprint density at radius 3 is 1.45 bits per heavy atom. The molecule has 0 aliphatic heterocycles. The van der Waals surface area contributed by atoms with Gasteiger partial charge in [0.25, 0.3) is 0 Å². The van der Waals surface area contributed by atoms with Crippen molar-refractivity contribution >= 4 is 12.6 Å². The summed E-state index contributed by atoms with van der Waals surface area (Å²) >= 11 is 0. The van der Waals surface area contributed by atoms with Crippen LogP contribution in [0.5, 0.6) is 11.5 Å². The lowest BCUT2D eigenvalue weighted by Gasteiger charge is -2.17. The highest BCUT2D eigenvalue weighted by Crippen LogP contribution is 2.27. The van der Waals surface area contributed by atoms with Crippen molar-refractivity contribution in [3.05, 3.63) is 23.3 Å². The van der Waals surface area contributed by atoms with Gasteiger partial charge in [-0.05, 0) is 40.3 Å². The van der Waals surface area contributed by atoms with E-state index >= 15 is 0 Å². The lowest BCUT2D eigenvalue weighted by molar-refractivity contribution is 0.109. The van der Waals surface area contributed by atoms with Gasteiger partial charge in [0.2, 0.25) is 0 Å². The summed E-state index contributed by atoms with van der Waals surface area (Å²) in [5, 5.41) is 0. The van der Waals surface area contributed by atoms with Gasteiger partial charge in [0.15, 0.2) is 12.6 Å². The van der Waals surface area contributed by atoms with Gasteiger partial charge in [-0.1, -0.05) is 0 Å². The number of ether oxygens (including phenoxy) is 2. The molecular formula is C14H20N2O4. The number of hydrogen-bond donors (Lipinski definition) is 0. The number of benzene rings is 1. The Hall–Kier alpha value is -1.92. The lowest BCUT2D eigenvalue weighted by Crippen LogP contribution is -2.20. The fraction of sp³-hybridized carbons (Fsp3) is 0.429. The highest BCUT2D eigenvalue weighted by atomic mass is 16.5. The average molecular weight is 280 g/mol. The van der Waals surface area contributed by atoms with Crippen LogP contribution in [0.15, 0.2) is 12.1 Å². The van der Waals surface area contributed by atoms with Gasteiger partial charge in [0.1, 0.15) is 25.0 Å².